The van der Waals surface area contributed by atoms with Crippen molar-refractivity contribution in [3.05, 3.63) is 35.8 Å². The molecule has 0 saturated carbocycles. The molecule has 1 aromatic carbocycles. The summed E-state index contributed by atoms with van der Waals surface area (Å²) in [5.74, 6) is -0.303. The van der Waals surface area contributed by atoms with E-state index in [0.717, 1.165) is 5.56 Å². The lowest BCUT2D eigenvalue weighted by Crippen LogP contribution is -1.88. The number of hydrogen-bond donors (Lipinski definition) is 2. The van der Waals surface area contributed by atoms with Crippen LogP contribution in [0.15, 0.2) is 24.3 Å². The van der Waals surface area contributed by atoms with Crippen molar-refractivity contribution in [3.63, 3.8) is 0 Å². The summed E-state index contributed by atoms with van der Waals surface area (Å²) in [6.45, 7) is -0.191. The van der Waals surface area contributed by atoms with Gasteiger partial charge >= 0.3 is 0 Å². The molecule has 0 spiro atoms. The van der Waals surface area contributed by atoms with Crippen LogP contribution in [0.1, 0.15) is 5.69 Å². The monoisotopic (exact) mass is 193 g/mol. The lowest BCUT2D eigenvalue weighted by atomic mass is 10.1. The van der Waals surface area contributed by atoms with Gasteiger partial charge in [0.1, 0.15) is 17.2 Å². The zero-order chi connectivity index (χ0) is 9.97. The first-order valence-electron chi connectivity index (χ1n) is 4.07. The van der Waals surface area contributed by atoms with Gasteiger partial charge in [0.2, 0.25) is 0 Å². The van der Waals surface area contributed by atoms with Crippen LogP contribution in [0.5, 0.6) is 0 Å². The molecule has 0 saturated heterocycles. The Balaban J connectivity index is 2.44. The van der Waals surface area contributed by atoms with Crippen molar-refractivity contribution in [1.29, 1.82) is 0 Å². The minimum absolute atomic E-state index is 0.191. The van der Waals surface area contributed by atoms with Gasteiger partial charge in [-0.05, 0) is 24.3 Å². The van der Waals surface area contributed by atoms with E-state index in [1.54, 1.807) is 12.1 Å². The number of nitrogens with one attached hydrogen (secondary N) is 1. The van der Waals surface area contributed by atoms with Gasteiger partial charge in [-0.3, -0.25) is 0 Å². The Morgan fingerprint density at radius 1 is 1.21 bits per heavy atom. The topological polar surface area (TPSA) is 61.8 Å². The minimum atomic E-state index is -0.303. The molecule has 0 unspecified atom stereocenters. The van der Waals surface area contributed by atoms with Crippen molar-refractivity contribution in [2.75, 3.05) is 0 Å². The molecule has 14 heavy (non-hydrogen) atoms. The average Bonchev–Trinajstić information content (AvgIpc) is 2.67. The lowest BCUT2D eigenvalue weighted by molar-refractivity contribution is 0.277. The summed E-state index contributed by atoms with van der Waals surface area (Å²) in [5.41, 5.74) is 1.73. The summed E-state index contributed by atoms with van der Waals surface area (Å²) in [7, 11) is 0. The molecule has 72 valence electrons. The van der Waals surface area contributed by atoms with Crippen LogP contribution in [-0.4, -0.2) is 20.5 Å². The van der Waals surface area contributed by atoms with Gasteiger partial charge in [-0.2, -0.15) is 15.4 Å². The van der Waals surface area contributed by atoms with Crippen molar-refractivity contribution in [2.24, 2.45) is 0 Å². The highest BCUT2D eigenvalue weighted by Crippen LogP contribution is 2.19. The van der Waals surface area contributed by atoms with E-state index in [2.05, 4.69) is 15.4 Å². The number of aromatic nitrogens is 3. The Bertz CT molecular complexity index is 424. The number of halogens is 1. The number of benzene rings is 1. The van der Waals surface area contributed by atoms with Crippen molar-refractivity contribution in [1.82, 2.24) is 15.4 Å². The highest BCUT2D eigenvalue weighted by molar-refractivity contribution is 5.60. The largest absolute Gasteiger partial charge is 0.390 e. The molecule has 1 heterocycles. The van der Waals surface area contributed by atoms with Crippen LogP contribution < -0.4 is 0 Å². The van der Waals surface area contributed by atoms with E-state index in [-0.39, 0.29) is 12.4 Å². The van der Waals surface area contributed by atoms with E-state index in [4.69, 9.17) is 5.11 Å². The molecule has 0 amide bonds. The van der Waals surface area contributed by atoms with Gasteiger partial charge in [-0.1, -0.05) is 0 Å². The minimum Gasteiger partial charge on any atom is -0.390 e. The number of aliphatic hydroxyl groups is 1. The third kappa shape index (κ3) is 1.49. The smallest absolute Gasteiger partial charge is 0.123 e. The molecular weight excluding hydrogens is 185 g/mol. The van der Waals surface area contributed by atoms with Crippen LogP contribution >= 0.6 is 0 Å². The van der Waals surface area contributed by atoms with Gasteiger partial charge in [0.15, 0.2) is 0 Å². The van der Waals surface area contributed by atoms with Gasteiger partial charge in [-0.25, -0.2) is 4.39 Å². The molecule has 0 aliphatic carbocycles. The molecule has 2 aromatic rings. The number of rotatable bonds is 2. The Morgan fingerprint density at radius 2 is 1.93 bits per heavy atom. The average molecular weight is 193 g/mol. The molecule has 0 aliphatic heterocycles. The fraction of sp³-hybridized carbons (Fsp3) is 0.111. The van der Waals surface area contributed by atoms with Crippen LogP contribution in [0.3, 0.4) is 0 Å². The number of aromatic amines is 1. The summed E-state index contributed by atoms with van der Waals surface area (Å²) >= 11 is 0. The molecular formula is C9H8FN3O. The van der Waals surface area contributed by atoms with Crippen molar-refractivity contribution in [3.8, 4) is 11.3 Å². The molecule has 0 fully saturated rings. The first-order chi connectivity index (χ1) is 6.81. The molecule has 0 radical (unpaired) electrons. The summed E-state index contributed by atoms with van der Waals surface area (Å²) in [5, 5.41) is 19.0. The normalized spacial score (nSPS) is 10.4. The summed E-state index contributed by atoms with van der Waals surface area (Å²) in [4.78, 5) is 0. The Kier molecular flexibility index (Phi) is 2.24. The van der Waals surface area contributed by atoms with Gasteiger partial charge in [-0.15, -0.1) is 0 Å². The fourth-order valence-electron chi connectivity index (χ4n) is 1.20. The highest BCUT2D eigenvalue weighted by atomic mass is 19.1. The second-order valence-electron chi connectivity index (χ2n) is 2.78. The zero-order valence-electron chi connectivity index (χ0n) is 7.24. The van der Waals surface area contributed by atoms with E-state index in [0.29, 0.717) is 11.4 Å². The number of hydrogen-bond acceptors (Lipinski definition) is 3. The van der Waals surface area contributed by atoms with E-state index >= 15 is 0 Å². The molecule has 4 nitrogen and oxygen atoms in total. The maximum atomic E-state index is 12.6. The highest BCUT2D eigenvalue weighted by Gasteiger charge is 2.08. The molecule has 1 aromatic heterocycles. The van der Waals surface area contributed by atoms with Crippen molar-refractivity contribution in [2.45, 2.75) is 6.61 Å². The molecule has 2 rings (SSSR count). The third-order valence-electron chi connectivity index (χ3n) is 1.89. The Labute approximate surface area is 79.4 Å². The molecule has 0 bridgehead atoms. The standard InChI is InChI=1S/C9H8FN3O/c10-7-3-1-6(2-4-7)9-8(5-14)11-13-12-9/h1-4,14H,5H2,(H,11,12,13). The summed E-state index contributed by atoms with van der Waals surface area (Å²) in [6.07, 6.45) is 0. The first kappa shape index (κ1) is 8.83. The van der Waals surface area contributed by atoms with E-state index in [1.165, 1.54) is 12.1 Å². The second kappa shape index (κ2) is 3.55. The van der Waals surface area contributed by atoms with Crippen molar-refractivity contribution >= 4 is 0 Å². The van der Waals surface area contributed by atoms with Crippen molar-refractivity contribution < 1.29 is 9.50 Å². The van der Waals surface area contributed by atoms with Crippen LogP contribution in [0.25, 0.3) is 11.3 Å². The predicted octanol–water partition coefficient (Wildman–Crippen LogP) is 1.10. The lowest BCUT2D eigenvalue weighted by Gasteiger charge is -1.97. The van der Waals surface area contributed by atoms with E-state index < -0.39 is 0 Å². The number of H-pyrrole nitrogens is 1. The second-order valence-corrected chi connectivity index (χ2v) is 2.78. The maximum absolute atomic E-state index is 12.6. The van der Waals surface area contributed by atoms with E-state index in [1.807, 2.05) is 0 Å². The first-order valence-corrected chi connectivity index (χ1v) is 4.07. The van der Waals surface area contributed by atoms with Gasteiger partial charge < -0.3 is 5.11 Å². The summed E-state index contributed by atoms with van der Waals surface area (Å²) < 4.78 is 12.6. The van der Waals surface area contributed by atoms with Gasteiger partial charge in [0.25, 0.3) is 0 Å². The third-order valence-corrected chi connectivity index (χ3v) is 1.89. The Morgan fingerprint density at radius 3 is 2.57 bits per heavy atom. The molecule has 0 atom stereocenters. The molecule has 5 heteroatoms. The van der Waals surface area contributed by atoms with Gasteiger partial charge in [0.05, 0.1) is 6.61 Å². The van der Waals surface area contributed by atoms with E-state index in [9.17, 15) is 4.39 Å². The van der Waals surface area contributed by atoms with Crippen LogP contribution in [0.2, 0.25) is 0 Å². The molecule has 0 aliphatic rings. The number of aliphatic hydroxyl groups excluding tert-OH is 1. The van der Waals surface area contributed by atoms with Crippen LogP contribution in [0, 0.1) is 5.82 Å². The number of nitrogens with zero attached hydrogens (tertiary/aromatic N) is 2. The predicted molar refractivity (Wildman–Crippen MR) is 47.7 cm³/mol. The summed E-state index contributed by atoms with van der Waals surface area (Å²) in [6, 6.07) is 5.86. The van der Waals surface area contributed by atoms with Gasteiger partial charge in [0, 0.05) is 5.56 Å². The fourth-order valence-corrected chi connectivity index (χ4v) is 1.20. The maximum Gasteiger partial charge on any atom is 0.123 e. The van der Waals surface area contributed by atoms with Crippen LogP contribution in [0.4, 0.5) is 4.39 Å². The van der Waals surface area contributed by atoms with Crippen LogP contribution in [-0.2, 0) is 6.61 Å². The quantitative estimate of drug-likeness (QED) is 0.750. The Hall–Kier alpha value is -1.75. The zero-order valence-corrected chi connectivity index (χ0v) is 7.24. The molecule has 2 N–H and O–H groups in total. The SMILES string of the molecule is OCc1n[nH]nc1-c1ccc(F)cc1.